The molecule has 0 aliphatic rings. The van der Waals surface area contributed by atoms with Crippen LogP contribution in [0.25, 0.3) is 0 Å². The van der Waals surface area contributed by atoms with Crippen molar-refractivity contribution < 1.29 is 8.42 Å². The largest absolute Gasteiger partial charge is 0.228 e. The van der Waals surface area contributed by atoms with Crippen molar-refractivity contribution in [3.63, 3.8) is 0 Å². The highest BCUT2D eigenvalue weighted by Crippen LogP contribution is 2.05. The first-order valence-corrected chi connectivity index (χ1v) is 5.39. The molecule has 1 heterocycles. The van der Waals surface area contributed by atoms with Crippen molar-refractivity contribution in [3.05, 3.63) is 5.82 Å². The highest BCUT2D eigenvalue weighted by molar-refractivity contribution is 7.88. The summed E-state index contributed by atoms with van der Waals surface area (Å²) in [4.78, 5) is 0. The van der Waals surface area contributed by atoms with E-state index in [-0.39, 0.29) is 17.6 Å². The van der Waals surface area contributed by atoms with E-state index in [1.165, 1.54) is 4.68 Å². The second kappa shape index (κ2) is 3.38. The summed E-state index contributed by atoms with van der Waals surface area (Å²) in [6, 6.07) is 0.0201. The number of nitrogens with zero attached hydrogens (tertiary/aromatic N) is 4. The zero-order valence-corrected chi connectivity index (χ0v) is 8.19. The predicted octanol–water partition coefficient (Wildman–Crippen LogP) is -0.957. The lowest BCUT2D eigenvalue weighted by Gasteiger charge is -2.05. The molecule has 1 aromatic heterocycles. The van der Waals surface area contributed by atoms with Crippen molar-refractivity contribution in [3.8, 4) is 0 Å². The van der Waals surface area contributed by atoms with E-state index in [0.717, 1.165) is 0 Å². The van der Waals surface area contributed by atoms with Gasteiger partial charge in [-0.15, -0.1) is 5.10 Å². The van der Waals surface area contributed by atoms with Crippen LogP contribution in [0, 0.1) is 0 Å². The van der Waals surface area contributed by atoms with E-state index in [4.69, 9.17) is 5.14 Å². The SMILES string of the molecule is CC(C)n1nnnc1CS(N)(=O)=O. The van der Waals surface area contributed by atoms with E-state index in [1.807, 2.05) is 13.8 Å². The molecule has 0 saturated carbocycles. The Morgan fingerprint density at radius 1 is 1.54 bits per heavy atom. The third kappa shape index (κ3) is 2.74. The molecule has 0 amide bonds. The molecule has 1 rings (SSSR count). The number of hydrogen-bond donors (Lipinski definition) is 1. The smallest absolute Gasteiger partial charge is 0.216 e. The molecule has 0 unspecified atom stereocenters. The maximum atomic E-state index is 10.7. The maximum Gasteiger partial charge on any atom is 0.216 e. The van der Waals surface area contributed by atoms with E-state index < -0.39 is 10.0 Å². The van der Waals surface area contributed by atoms with Gasteiger partial charge in [0, 0.05) is 0 Å². The fourth-order valence-electron chi connectivity index (χ4n) is 0.888. The Morgan fingerprint density at radius 3 is 2.62 bits per heavy atom. The molecule has 0 atom stereocenters. The molecule has 1 aromatic rings. The number of nitrogens with two attached hydrogens (primary N) is 1. The van der Waals surface area contributed by atoms with Crippen LogP contribution in [-0.4, -0.2) is 28.6 Å². The van der Waals surface area contributed by atoms with Gasteiger partial charge in [-0.1, -0.05) is 0 Å². The lowest BCUT2D eigenvalue weighted by Crippen LogP contribution is -2.19. The van der Waals surface area contributed by atoms with Gasteiger partial charge >= 0.3 is 0 Å². The summed E-state index contributed by atoms with van der Waals surface area (Å²) in [6.07, 6.45) is 0. The molecule has 0 radical (unpaired) electrons. The van der Waals surface area contributed by atoms with Gasteiger partial charge in [0.2, 0.25) is 10.0 Å². The lowest BCUT2D eigenvalue weighted by atomic mass is 10.4. The van der Waals surface area contributed by atoms with Crippen molar-refractivity contribution in [2.24, 2.45) is 5.14 Å². The topological polar surface area (TPSA) is 104 Å². The molecule has 13 heavy (non-hydrogen) atoms. The fourth-order valence-corrected chi connectivity index (χ4v) is 1.44. The Morgan fingerprint density at radius 2 is 2.15 bits per heavy atom. The van der Waals surface area contributed by atoms with Crippen molar-refractivity contribution in [1.82, 2.24) is 20.2 Å². The van der Waals surface area contributed by atoms with E-state index >= 15 is 0 Å². The van der Waals surface area contributed by atoms with E-state index in [0.29, 0.717) is 0 Å². The fraction of sp³-hybridized carbons (Fsp3) is 0.800. The van der Waals surface area contributed by atoms with Gasteiger partial charge in [0.1, 0.15) is 5.75 Å². The van der Waals surface area contributed by atoms with Gasteiger partial charge in [-0.05, 0) is 24.3 Å². The van der Waals surface area contributed by atoms with Crippen LogP contribution < -0.4 is 5.14 Å². The van der Waals surface area contributed by atoms with Gasteiger partial charge in [-0.3, -0.25) is 0 Å². The Bertz CT molecular complexity index is 381. The van der Waals surface area contributed by atoms with Gasteiger partial charge in [-0.25, -0.2) is 18.2 Å². The molecular formula is C5H11N5O2S. The minimum atomic E-state index is -3.57. The molecule has 0 saturated heterocycles. The summed E-state index contributed by atoms with van der Waals surface area (Å²) in [5, 5.41) is 15.4. The van der Waals surface area contributed by atoms with Crippen LogP contribution in [0.4, 0.5) is 0 Å². The summed E-state index contributed by atoms with van der Waals surface area (Å²) in [6.45, 7) is 3.70. The van der Waals surface area contributed by atoms with Crippen LogP contribution in [0.1, 0.15) is 25.7 Å². The van der Waals surface area contributed by atoms with Crippen LogP contribution in [-0.2, 0) is 15.8 Å². The molecule has 7 nitrogen and oxygen atoms in total. The second-order valence-electron chi connectivity index (χ2n) is 2.94. The third-order valence-electron chi connectivity index (χ3n) is 1.38. The Balaban J connectivity index is 2.96. The summed E-state index contributed by atoms with van der Waals surface area (Å²) in [5.74, 6) is -0.0736. The standard InChI is InChI=1S/C5H11N5O2S/c1-4(2)10-5(7-8-9-10)3-13(6,11)12/h4H,3H2,1-2H3,(H2,6,11,12). The summed E-state index contributed by atoms with van der Waals surface area (Å²) < 4.78 is 22.9. The highest BCUT2D eigenvalue weighted by Gasteiger charge is 2.14. The number of aromatic nitrogens is 4. The van der Waals surface area contributed by atoms with Gasteiger partial charge in [0.15, 0.2) is 5.82 Å². The number of tetrazole rings is 1. The van der Waals surface area contributed by atoms with Crippen molar-refractivity contribution in [1.29, 1.82) is 0 Å². The number of rotatable bonds is 3. The molecule has 74 valence electrons. The van der Waals surface area contributed by atoms with Gasteiger partial charge < -0.3 is 0 Å². The summed E-state index contributed by atoms with van der Waals surface area (Å²) in [5.41, 5.74) is 0. The maximum absolute atomic E-state index is 10.7. The van der Waals surface area contributed by atoms with Gasteiger partial charge in [0.05, 0.1) is 6.04 Å². The first kappa shape index (κ1) is 10.1. The average Bonchev–Trinajstić information content (AvgIpc) is 2.31. The van der Waals surface area contributed by atoms with E-state index in [9.17, 15) is 8.42 Å². The first-order chi connectivity index (χ1) is 5.90. The molecule has 0 aliphatic carbocycles. The lowest BCUT2D eigenvalue weighted by molar-refractivity contribution is 0.498. The van der Waals surface area contributed by atoms with Crippen molar-refractivity contribution in [2.75, 3.05) is 0 Å². The Labute approximate surface area is 76.0 Å². The van der Waals surface area contributed by atoms with Crippen LogP contribution in [0.3, 0.4) is 0 Å². The normalized spacial score (nSPS) is 12.3. The zero-order chi connectivity index (χ0) is 10.1. The van der Waals surface area contributed by atoms with Crippen molar-refractivity contribution in [2.45, 2.75) is 25.6 Å². The Hall–Kier alpha value is -1.02. The number of sulfonamides is 1. The molecule has 0 fully saturated rings. The molecule has 0 spiro atoms. The molecule has 0 aromatic carbocycles. The van der Waals surface area contributed by atoms with Crippen molar-refractivity contribution >= 4 is 10.0 Å². The minimum Gasteiger partial charge on any atom is -0.228 e. The Kier molecular flexibility index (Phi) is 2.62. The summed E-state index contributed by atoms with van der Waals surface area (Å²) in [7, 11) is -3.57. The number of primary sulfonamides is 1. The second-order valence-corrected chi connectivity index (χ2v) is 4.56. The average molecular weight is 205 g/mol. The highest BCUT2D eigenvalue weighted by atomic mass is 32.2. The molecular weight excluding hydrogens is 194 g/mol. The van der Waals surface area contributed by atoms with Crippen LogP contribution in [0.15, 0.2) is 0 Å². The summed E-state index contributed by atoms with van der Waals surface area (Å²) >= 11 is 0. The van der Waals surface area contributed by atoms with E-state index in [2.05, 4.69) is 15.5 Å². The van der Waals surface area contributed by atoms with Crippen LogP contribution in [0.2, 0.25) is 0 Å². The quantitative estimate of drug-likeness (QED) is 0.684. The molecule has 2 N–H and O–H groups in total. The minimum absolute atomic E-state index is 0.0201. The van der Waals surface area contributed by atoms with Gasteiger partial charge in [0.25, 0.3) is 0 Å². The van der Waals surface area contributed by atoms with Crippen LogP contribution in [0.5, 0.6) is 0 Å². The van der Waals surface area contributed by atoms with Gasteiger partial charge in [-0.2, -0.15) is 0 Å². The zero-order valence-electron chi connectivity index (χ0n) is 7.38. The molecule has 0 aliphatic heterocycles. The molecule has 8 heteroatoms. The number of hydrogen-bond acceptors (Lipinski definition) is 5. The third-order valence-corrected chi connectivity index (χ3v) is 2.04. The first-order valence-electron chi connectivity index (χ1n) is 3.67. The molecule has 0 bridgehead atoms. The monoisotopic (exact) mass is 205 g/mol. The van der Waals surface area contributed by atoms with Crippen LogP contribution >= 0.6 is 0 Å². The van der Waals surface area contributed by atoms with E-state index in [1.54, 1.807) is 0 Å². The predicted molar refractivity (Wildman–Crippen MR) is 45.0 cm³/mol.